The molecule has 4 rings (SSSR count). The number of carbonyl (C=O) groups excluding carboxylic acids is 2. The first-order valence-corrected chi connectivity index (χ1v) is 9.31. The monoisotopic (exact) mass is 407 g/mol. The van der Waals surface area contributed by atoms with Gasteiger partial charge in [-0.3, -0.25) is 9.59 Å². The molecule has 0 saturated carbocycles. The number of fused-ring (bicyclic) bond motifs is 2. The molecule has 0 amide bonds. The summed E-state index contributed by atoms with van der Waals surface area (Å²) in [4.78, 5) is 30.6. The van der Waals surface area contributed by atoms with Crippen LogP contribution >= 0.6 is 11.6 Å². The quantitative estimate of drug-likeness (QED) is 0.345. The molecular weight excluding hydrogens is 393 g/mol. The number of rotatable bonds is 5. The fraction of sp³-hybridized carbons (Fsp3) is 0.0870. The molecular formula is C23H15ClFNO3. The van der Waals surface area contributed by atoms with Crippen LogP contribution in [0.25, 0.3) is 0 Å². The van der Waals surface area contributed by atoms with Crippen molar-refractivity contribution in [2.45, 2.75) is 13.0 Å². The smallest absolute Gasteiger partial charge is 0.194 e. The van der Waals surface area contributed by atoms with E-state index in [1.54, 1.807) is 48.7 Å². The normalized spacial score (nSPS) is 12.8. The maximum atomic E-state index is 13.0. The molecule has 3 aromatic carbocycles. The summed E-state index contributed by atoms with van der Waals surface area (Å²) in [7, 11) is 0. The Hall–Kier alpha value is -3.31. The Morgan fingerprint density at radius 2 is 1.59 bits per heavy atom. The number of carbonyl (C=O) groups is 2. The van der Waals surface area contributed by atoms with Gasteiger partial charge in [0.15, 0.2) is 11.6 Å². The van der Waals surface area contributed by atoms with Crippen molar-refractivity contribution in [1.82, 2.24) is 0 Å². The van der Waals surface area contributed by atoms with Crippen LogP contribution in [-0.4, -0.2) is 17.8 Å². The molecule has 0 radical (unpaired) electrons. The number of halogens is 2. The number of nitrogens with zero attached hydrogens (tertiary/aromatic N) is 1. The zero-order chi connectivity index (χ0) is 20.4. The maximum Gasteiger partial charge on any atom is 0.194 e. The number of hydrogen-bond acceptors (Lipinski definition) is 4. The average Bonchev–Trinajstić information content (AvgIpc) is 2.73. The molecule has 1 aliphatic carbocycles. The van der Waals surface area contributed by atoms with E-state index in [1.165, 1.54) is 18.2 Å². The van der Waals surface area contributed by atoms with Gasteiger partial charge in [-0.1, -0.05) is 59.2 Å². The second-order valence-electron chi connectivity index (χ2n) is 6.59. The van der Waals surface area contributed by atoms with E-state index in [9.17, 15) is 14.0 Å². The lowest BCUT2D eigenvalue weighted by molar-refractivity contribution is 0.0979. The molecule has 0 bridgehead atoms. The summed E-state index contributed by atoms with van der Waals surface area (Å²) >= 11 is 5.94. The molecule has 0 N–H and O–H groups in total. The Bertz CT molecular complexity index is 1160. The van der Waals surface area contributed by atoms with Gasteiger partial charge in [-0.25, -0.2) is 4.39 Å². The van der Waals surface area contributed by atoms with Crippen molar-refractivity contribution >= 4 is 29.4 Å². The molecule has 0 spiro atoms. The third-order valence-electron chi connectivity index (χ3n) is 4.70. The van der Waals surface area contributed by atoms with Crippen LogP contribution < -0.4 is 0 Å². The molecule has 6 heteroatoms. The van der Waals surface area contributed by atoms with Crippen molar-refractivity contribution in [1.29, 1.82) is 0 Å². The first-order chi connectivity index (χ1) is 14.0. The zero-order valence-electron chi connectivity index (χ0n) is 15.2. The minimum Gasteiger partial charge on any atom is -0.391 e. The van der Waals surface area contributed by atoms with Crippen LogP contribution in [0, 0.1) is 5.82 Å². The number of ketones is 2. The average molecular weight is 408 g/mol. The molecule has 0 heterocycles. The summed E-state index contributed by atoms with van der Waals surface area (Å²) in [5, 5.41) is 4.15. The summed E-state index contributed by atoms with van der Waals surface area (Å²) in [5.41, 5.74) is 3.14. The van der Waals surface area contributed by atoms with E-state index < -0.39 is 5.82 Å². The van der Waals surface area contributed by atoms with Crippen LogP contribution in [0.5, 0.6) is 0 Å². The van der Waals surface area contributed by atoms with Crippen LogP contribution in [0.3, 0.4) is 0 Å². The van der Waals surface area contributed by atoms with Crippen molar-refractivity contribution in [3.63, 3.8) is 0 Å². The Kier molecular flexibility index (Phi) is 5.23. The highest BCUT2D eigenvalue weighted by atomic mass is 35.5. The minimum atomic E-state index is -0.412. The highest BCUT2D eigenvalue weighted by molar-refractivity contribution is 6.31. The van der Waals surface area contributed by atoms with E-state index in [0.29, 0.717) is 34.2 Å². The molecule has 0 unspecified atom stereocenters. The predicted molar refractivity (Wildman–Crippen MR) is 108 cm³/mol. The summed E-state index contributed by atoms with van der Waals surface area (Å²) in [6.45, 7) is 0.115. The molecule has 29 heavy (non-hydrogen) atoms. The Balaban J connectivity index is 1.44. The van der Waals surface area contributed by atoms with Crippen molar-refractivity contribution in [2.75, 3.05) is 0 Å². The Morgan fingerprint density at radius 1 is 0.897 bits per heavy atom. The van der Waals surface area contributed by atoms with E-state index in [4.69, 9.17) is 16.4 Å². The van der Waals surface area contributed by atoms with Gasteiger partial charge in [-0.2, -0.15) is 0 Å². The summed E-state index contributed by atoms with van der Waals surface area (Å²) in [5.74, 6) is -0.712. The molecule has 3 aromatic rings. The molecule has 0 fully saturated rings. The molecule has 144 valence electrons. The third kappa shape index (κ3) is 3.82. The largest absolute Gasteiger partial charge is 0.391 e. The topological polar surface area (TPSA) is 55.7 Å². The van der Waals surface area contributed by atoms with E-state index in [0.717, 1.165) is 5.56 Å². The van der Waals surface area contributed by atoms with Crippen LogP contribution in [0.15, 0.2) is 65.8 Å². The van der Waals surface area contributed by atoms with E-state index >= 15 is 0 Å². The van der Waals surface area contributed by atoms with Crippen molar-refractivity contribution in [2.24, 2.45) is 5.16 Å². The highest BCUT2D eigenvalue weighted by Crippen LogP contribution is 2.28. The Morgan fingerprint density at radius 3 is 2.31 bits per heavy atom. The lowest BCUT2D eigenvalue weighted by atomic mass is 9.83. The van der Waals surface area contributed by atoms with E-state index in [-0.39, 0.29) is 23.2 Å². The second-order valence-corrected chi connectivity index (χ2v) is 6.99. The van der Waals surface area contributed by atoms with Crippen molar-refractivity contribution in [3.8, 4) is 0 Å². The highest BCUT2D eigenvalue weighted by Gasteiger charge is 2.29. The lowest BCUT2D eigenvalue weighted by Gasteiger charge is -2.17. The van der Waals surface area contributed by atoms with Gasteiger partial charge >= 0.3 is 0 Å². The molecule has 0 aliphatic heterocycles. The van der Waals surface area contributed by atoms with Gasteiger partial charge in [0.2, 0.25) is 0 Å². The summed E-state index contributed by atoms with van der Waals surface area (Å²) in [6.07, 6.45) is 1.98. The van der Waals surface area contributed by atoms with Crippen LogP contribution in [0.2, 0.25) is 5.02 Å². The van der Waals surface area contributed by atoms with Gasteiger partial charge in [0.1, 0.15) is 12.4 Å². The fourth-order valence-electron chi connectivity index (χ4n) is 3.21. The number of hydrogen-bond donors (Lipinski definition) is 0. The van der Waals surface area contributed by atoms with Gasteiger partial charge in [0.25, 0.3) is 0 Å². The fourth-order valence-corrected chi connectivity index (χ4v) is 3.44. The van der Waals surface area contributed by atoms with Gasteiger partial charge in [-0.15, -0.1) is 0 Å². The molecule has 4 nitrogen and oxygen atoms in total. The number of oxime groups is 1. The zero-order valence-corrected chi connectivity index (χ0v) is 15.9. The summed E-state index contributed by atoms with van der Waals surface area (Å²) < 4.78 is 13.0. The lowest BCUT2D eigenvalue weighted by Crippen LogP contribution is -2.21. The minimum absolute atomic E-state index is 0.115. The molecule has 0 saturated heterocycles. The van der Waals surface area contributed by atoms with Gasteiger partial charge in [-0.05, 0) is 23.8 Å². The van der Waals surface area contributed by atoms with Gasteiger partial charge in [0.05, 0.1) is 5.02 Å². The van der Waals surface area contributed by atoms with Crippen molar-refractivity contribution < 1.29 is 18.8 Å². The second kappa shape index (κ2) is 7.97. The molecule has 0 atom stereocenters. The maximum absolute atomic E-state index is 13.0. The first-order valence-electron chi connectivity index (χ1n) is 8.93. The predicted octanol–water partition coefficient (Wildman–Crippen LogP) is 5.00. The van der Waals surface area contributed by atoms with Gasteiger partial charge < -0.3 is 4.84 Å². The van der Waals surface area contributed by atoms with Crippen molar-refractivity contribution in [3.05, 3.63) is 105 Å². The summed E-state index contributed by atoms with van der Waals surface area (Å²) in [6, 6.07) is 16.1. The molecule has 0 aromatic heterocycles. The van der Waals surface area contributed by atoms with Crippen LogP contribution in [0.1, 0.15) is 43.0 Å². The molecule has 1 aliphatic rings. The van der Waals surface area contributed by atoms with E-state index in [1.807, 2.05) is 0 Å². The number of benzene rings is 3. The van der Waals surface area contributed by atoms with Gasteiger partial charge in [0, 0.05) is 40.5 Å². The third-order valence-corrected chi connectivity index (χ3v) is 5.05. The first kappa shape index (κ1) is 19.0. The van der Waals surface area contributed by atoms with E-state index in [2.05, 4.69) is 5.16 Å². The Labute approximate surface area is 171 Å². The van der Waals surface area contributed by atoms with Crippen LogP contribution in [0.4, 0.5) is 4.39 Å². The SMILES string of the molecule is O=C1c2ccccc2C(=O)c2cc(C/C=N\OCc3ccc(F)cc3Cl)ccc21. The van der Waals surface area contributed by atoms with Crippen LogP contribution in [-0.2, 0) is 17.9 Å². The standard InChI is InChI=1S/C23H15ClFNO3/c24-21-12-16(25)7-6-15(21)13-29-26-10-9-14-5-8-19-20(11-14)23(28)18-4-2-1-3-17(18)22(19)27/h1-8,10-12H,9,13H2/b26-10-.